The van der Waals surface area contributed by atoms with Gasteiger partial charge in [0.15, 0.2) is 0 Å². The number of hydrogen-bond acceptors (Lipinski definition) is 3. The fraction of sp³-hybridized carbons (Fsp3) is 0.333. The summed E-state index contributed by atoms with van der Waals surface area (Å²) in [6.45, 7) is 1.07. The SMILES string of the molecule is CN(Cc1ccncc1)C(=O)NC[C@H](c1ccc(Cl)cc1)N(C)C. The normalized spacial score (nSPS) is 12.0. The first-order valence-corrected chi connectivity index (χ1v) is 8.15. The Labute approximate surface area is 148 Å². The third-order valence-electron chi connectivity index (χ3n) is 3.84. The number of halogens is 1. The van der Waals surface area contributed by atoms with Crippen molar-refractivity contribution in [3.8, 4) is 0 Å². The number of amides is 2. The molecule has 1 aromatic heterocycles. The number of hydrogen-bond donors (Lipinski definition) is 1. The van der Waals surface area contributed by atoms with Gasteiger partial charge in [-0.1, -0.05) is 23.7 Å². The third-order valence-corrected chi connectivity index (χ3v) is 4.09. The quantitative estimate of drug-likeness (QED) is 0.874. The molecule has 0 radical (unpaired) electrons. The first-order chi connectivity index (χ1) is 11.5. The lowest BCUT2D eigenvalue weighted by molar-refractivity contribution is 0.200. The minimum atomic E-state index is -0.104. The molecule has 0 unspecified atom stereocenters. The van der Waals surface area contributed by atoms with Gasteiger partial charge in [-0.3, -0.25) is 4.98 Å². The Bertz CT molecular complexity index is 646. The van der Waals surface area contributed by atoms with Crippen molar-refractivity contribution in [3.05, 3.63) is 64.9 Å². The molecule has 1 N–H and O–H groups in total. The van der Waals surface area contributed by atoms with E-state index in [0.717, 1.165) is 11.1 Å². The van der Waals surface area contributed by atoms with Gasteiger partial charge >= 0.3 is 6.03 Å². The molecule has 0 saturated carbocycles. The number of nitrogens with zero attached hydrogens (tertiary/aromatic N) is 3. The van der Waals surface area contributed by atoms with Crippen molar-refractivity contribution < 1.29 is 4.79 Å². The molecule has 6 heteroatoms. The molecule has 1 aromatic carbocycles. The highest BCUT2D eigenvalue weighted by molar-refractivity contribution is 6.30. The standard InChI is InChI=1S/C18H23ClN4O/c1-22(2)17(15-4-6-16(19)7-5-15)12-21-18(24)23(3)13-14-8-10-20-11-9-14/h4-11,17H,12-13H2,1-3H3,(H,21,24)/t17-/m1/s1. The molecule has 1 heterocycles. The van der Waals surface area contributed by atoms with E-state index in [0.29, 0.717) is 18.1 Å². The van der Waals surface area contributed by atoms with Crippen LogP contribution in [0.15, 0.2) is 48.8 Å². The van der Waals surface area contributed by atoms with Crippen LogP contribution in [0, 0.1) is 0 Å². The summed E-state index contributed by atoms with van der Waals surface area (Å²) in [5.74, 6) is 0. The highest BCUT2D eigenvalue weighted by Crippen LogP contribution is 2.19. The van der Waals surface area contributed by atoms with Crippen molar-refractivity contribution >= 4 is 17.6 Å². The number of likely N-dealkylation sites (N-methyl/N-ethyl adjacent to an activating group) is 1. The van der Waals surface area contributed by atoms with E-state index in [9.17, 15) is 4.79 Å². The lowest BCUT2D eigenvalue weighted by Crippen LogP contribution is -2.41. The summed E-state index contributed by atoms with van der Waals surface area (Å²) >= 11 is 5.95. The average Bonchev–Trinajstić information content (AvgIpc) is 2.57. The van der Waals surface area contributed by atoms with E-state index in [1.807, 2.05) is 50.5 Å². The van der Waals surface area contributed by atoms with Crippen LogP contribution in [-0.4, -0.2) is 48.5 Å². The number of urea groups is 1. The molecule has 2 amide bonds. The Kier molecular flexibility index (Phi) is 6.58. The van der Waals surface area contributed by atoms with Crippen LogP contribution < -0.4 is 5.32 Å². The highest BCUT2D eigenvalue weighted by atomic mass is 35.5. The Balaban J connectivity index is 1.93. The summed E-state index contributed by atoms with van der Waals surface area (Å²) in [5, 5.41) is 3.70. The van der Waals surface area contributed by atoms with Gasteiger partial charge in [-0.2, -0.15) is 0 Å². The number of carbonyl (C=O) groups excluding carboxylic acids is 1. The topological polar surface area (TPSA) is 48.5 Å². The predicted octanol–water partition coefficient (Wildman–Crippen LogP) is 3.18. The Morgan fingerprint density at radius 1 is 1.12 bits per heavy atom. The third kappa shape index (κ3) is 5.22. The van der Waals surface area contributed by atoms with Gasteiger partial charge < -0.3 is 15.1 Å². The number of rotatable bonds is 6. The summed E-state index contributed by atoms with van der Waals surface area (Å²) in [6, 6.07) is 11.5. The van der Waals surface area contributed by atoms with Crippen molar-refractivity contribution in [1.82, 2.24) is 20.1 Å². The van der Waals surface area contributed by atoms with E-state index < -0.39 is 0 Å². The smallest absolute Gasteiger partial charge is 0.317 e. The Morgan fingerprint density at radius 2 is 1.75 bits per heavy atom. The van der Waals surface area contributed by atoms with Crippen molar-refractivity contribution in [3.63, 3.8) is 0 Å². The zero-order valence-corrected chi connectivity index (χ0v) is 15.0. The van der Waals surface area contributed by atoms with Gasteiger partial charge in [-0.05, 0) is 49.5 Å². The fourth-order valence-electron chi connectivity index (χ4n) is 2.44. The van der Waals surface area contributed by atoms with E-state index in [1.165, 1.54) is 0 Å². The second kappa shape index (κ2) is 8.66. The summed E-state index contributed by atoms with van der Waals surface area (Å²) in [6.07, 6.45) is 3.45. The maximum atomic E-state index is 12.3. The Morgan fingerprint density at radius 3 is 2.33 bits per heavy atom. The Hall–Kier alpha value is -2.11. The van der Waals surface area contributed by atoms with Crippen LogP contribution >= 0.6 is 11.6 Å². The minimum absolute atomic E-state index is 0.0838. The second-order valence-corrected chi connectivity index (χ2v) is 6.36. The first-order valence-electron chi connectivity index (χ1n) is 7.77. The molecule has 5 nitrogen and oxygen atoms in total. The largest absolute Gasteiger partial charge is 0.336 e. The van der Waals surface area contributed by atoms with Crippen LogP contribution in [0.2, 0.25) is 5.02 Å². The number of nitrogens with one attached hydrogen (secondary N) is 1. The van der Waals surface area contributed by atoms with E-state index in [1.54, 1.807) is 24.3 Å². The lowest BCUT2D eigenvalue weighted by Gasteiger charge is -2.26. The molecular formula is C18H23ClN4O. The van der Waals surface area contributed by atoms with Crippen molar-refractivity contribution in [2.75, 3.05) is 27.7 Å². The molecule has 0 aliphatic heterocycles. The van der Waals surface area contributed by atoms with Crippen molar-refractivity contribution in [1.29, 1.82) is 0 Å². The van der Waals surface area contributed by atoms with Crippen LogP contribution in [0.3, 0.4) is 0 Å². The van der Waals surface area contributed by atoms with E-state index in [-0.39, 0.29) is 12.1 Å². The molecule has 2 rings (SSSR count). The fourth-order valence-corrected chi connectivity index (χ4v) is 2.56. The van der Waals surface area contributed by atoms with Crippen molar-refractivity contribution in [2.45, 2.75) is 12.6 Å². The summed E-state index contributed by atoms with van der Waals surface area (Å²) in [5.41, 5.74) is 2.16. The monoisotopic (exact) mass is 346 g/mol. The average molecular weight is 347 g/mol. The second-order valence-electron chi connectivity index (χ2n) is 5.93. The number of pyridine rings is 1. The molecule has 0 saturated heterocycles. The first kappa shape index (κ1) is 18.2. The summed E-state index contributed by atoms with van der Waals surface area (Å²) in [7, 11) is 5.76. The van der Waals surface area contributed by atoms with Gasteiger partial charge in [-0.25, -0.2) is 4.79 Å². The number of aromatic nitrogens is 1. The van der Waals surface area contributed by atoms with Gasteiger partial charge in [0.05, 0.1) is 6.04 Å². The maximum absolute atomic E-state index is 12.3. The van der Waals surface area contributed by atoms with Crippen LogP contribution in [-0.2, 0) is 6.54 Å². The molecule has 0 aliphatic rings. The molecule has 2 aromatic rings. The number of benzene rings is 1. The molecule has 0 aliphatic carbocycles. The van der Waals surface area contributed by atoms with E-state index in [4.69, 9.17) is 11.6 Å². The zero-order valence-electron chi connectivity index (χ0n) is 14.2. The predicted molar refractivity (Wildman–Crippen MR) is 97.0 cm³/mol. The van der Waals surface area contributed by atoms with Crippen LogP contribution in [0.5, 0.6) is 0 Å². The van der Waals surface area contributed by atoms with Gasteiger partial charge in [0.25, 0.3) is 0 Å². The van der Waals surface area contributed by atoms with Gasteiger partial charge in [0.2, 0.25) is 0 Å². The van der Waals surface area contributed by atoms with E-state index >= 15 is 0 Å². The molecule has 0 fully saturated rings. The zero-order chi connectivity index (χ0) is 17.5. The van der Waals surface area contributed by atoms with Crippen LogP contribution in [0.4, 0.5) is 4.79 Å². The molecular weight excluding hydrogens is 324 g/mol. The molecule has 0 bridgehead atoms. The van der Waals surface area contributed by atoms with Crippen LogP contribution in [0.1, 0.15) is 17.2 Å². The molecule has 128 valence electrons. The molecule has 24 heavy (non-hydrogen) atoms. The van der Waals surface area contributed by atoms with Crippen LogP contribution in [0.25, 0.3) is 0 Å². The van der Waals surface area contributed by atoms with E-state index in [2.05, 4.69) is 15.2 Å². The van der Waals surface area contributed by atoms with Crippen molar-refractivity contribution in [2.24, 2.45) is 0 Å². The van der Waals surface area contributed by atoms with Gasteiger partial charge in [0.1, 0.15) is 0 Å². The lowest BCUT2D eigenvalue weighted by atomic mass is 10.1. The minimum Gasteiger partial charge on any atom is -0.336 e. The summed E-state index contributed by atoms with van der Waals surface area (Å²) in [4.78, 5) is 20.0. The molecule has 1 atom stereocenters. The highest BCUT2D eigenvalue weighted by Gasteiger charge is 2.16. The summed E-state index contributed by atoms with van der Waals surface area (Å²) < 4.78 is 0. The molecule has 0 spiro atoms. The maximum Gasteiger partial charge on any atom is 0.317 e. The van der Waals surface area contributed by atoms with Gasteiger partial charge in [0, 0.05) is 37.6 Å². The number of carbonyl (C=O) groups is 1. The van der Waals surface area contributed by atoms with Gasteiger partial charge in [-0.15, -0.1) is 0 Å².